The lowest BCUT2D eigenvalue weighted by Crippen LogP contribution is -2.11. The van der Waals surface area contributed by atoms with Crippen molar-refractivity contribution in [1.29, 1.82) is 0 Å². The highest BCUT2D eigenvalue weighted by molar-refractivity contribution is 9.10. The fourth-order valence-electron chi connectivity index (χ4n) is 2.01. The third kappa shape index (κ3) is 3.39. The molecule has 1 amide bonds. The van der Waals surface area contributed by atoms with E-state index in [9.17, 15) is 4.79 Å². The summed E-state index contributed by atoms with van der Waals surface area (Å²) in [5, 5.41) is 3.40. The van der Waals surface area contributed by atoms with Gasteiger partial charge in [-0.2, -0.15) is 0 Å². The molecule has 4 heteroatoms. The van der Waals surface area contributed by atoms with Crippen LogP contribution < -0.4 is 11.1 Å². The molecule has 0 aliphatic rings. The molecular formula is C16H17BrN2O. The number of rotatable bonds is 4. The first kappa shape index (κ1) is 14.6. The Bertz CT molecular complexity index is 653. The van der Waals surface area contributed by atoms with Crippen LogP contribution in [0.2, 0.25) is 0 Å². The first-order valence-corrected chi connectivity index (χ1v) is 7.16. The van der Waals surface area contributed by atoms with Crippen molar-refractivity contribution in [3.63, 3.8) is 0 Å². The normalized spacial score (nSPS) is 10.3. The van der Waals surface area contributed by atoms with Crippen molar-refractivity contribution in [3.8, 4) is 0 Å². The van der Waals surface area contributed by atoms with Gasteiger partial charge in [0.2, 0.25) is 5.91 Å². The van der Waals surface area contributed by atoms with Gasteiger partial charge in [-0.15, -0.1) is 0 Å². The maximum absolute atomic E-state index is 11.1. The molecule has 2 aromatic rings. The minimum Gasteiger partial charge on any atom is -0.380 e. The summed E-state index contributed by atoms with van der Waals surface area (Å²) in [7, 11) is 0. The lowest BCUT2D eigenvalue weighted by Gasteiger charge is -2.12. The summed E-state index contributed by atoms with van der Waals surface area (Å²) in [6.45, 7) is 4.74. The summed E-state index contributed by atoms with van der Waals surface area (Å²) in [4.78, 5) is 11.1. The van der Waals surface area contributed by atoms with Gasteiger partial charge in [0.05, 0.1) is 0 Å². The SMILES string of the molecule is Cc1ccc(Br)c(NCc2ccc(C(N)=O)cc2C)c1. The van der Waals surface area contributed by atoms with E-state index in [2.05, 4.69) is 40.3 Å². The van der Waals surface area contributed by atoms with Crippen molar-refractivity contribution >= 4 is 27.5 Å². The minimum atomic E-state index is -0.394. The first-order valence-electron chi connectivity index (χ1n) is 6.36. The average Bonchev–Trinajstić information content (AvgIpc) is 2.40. The average molecular weight is 333 g/mol. The summed E-state index contributed by atoms with van der Waals surface area (Å²) < 4.78 is 1.04. The lowest BCUT2D eigenvalue weighted by molar-refractivity contribution is 0.1000. The number of anilines is 1. The Hall–Kier alpha value is -1.81. The van der Waals surface area contributed by atoms with Gasteiger partial charge in [0.1, 0.15) is 0 Å². The third-order valence-corrected chi connectivity index (χ3v) is 3.91. The highest BCUT2D eigenvalue weighted by atomic mass is 79.9. The monoisotopic (exact) mass is 332 g/mol. The smallest absolute Gasteiger partial charge is 0.248 e. The van der Waals surface area contributed by atoms with Crippen LogP contribution in [0.5, 0.6) is 0 Å². The van der Waals surface area contributed by atoms with E-state index < -0.39 is 5.91 Å². The van der Waals surface area contributed by atoms with E-state index in [1.165, 1.54) is 5.56 Å². The van der Waals surface area contributed by atoms with E-state index >= 15 is 0 Å². The van der Waals surface area contributed by atoms with E-state index in [1.807, 2.05) is 25.1 Å². The topological polar surface area (TPSA) is 55.1 Å². The summed E-state index contributed by atoms with van der Waals surface area (Å²) in [5.41, 5.74) is 10.3. The maximum atomic E-state index is 11.1. The number of carbonyl (C=O) groups excluding carboxylic acids is 1. The van der Waals surface area contributed by atoms with Gasteiger partial charge in [0.15, 0.2) is 0 Å². The molecule has 3 N–H and O–H groups in total. The molecule has 0 aliphatic carbocycles. The summed E-state index contributed by atoms with van der Waals surface area (Å²) >= 11 is 3.53. The van der Waals surface area contributed by atoms with Crippen LogP contribution in [0.25, 0.3) is 0 Å². The zero-order valence-corrected chi connectivity index (χ0v) is 13.1. The number of hydrogen-bond acceptors (Lipinski definition) is 2. The highest BCUT2D eigenvalue weighted by Crippen LogP contribution is 2.24. The molecule has 20 heavy (non-hydrogen) atoms. The number of aryl methyl sites for hydroxylation is 2. The molecule has 0 unspecified atom stereocenters. The zero-order chi connectivity index (χ0) is 14.7. The predicted octanol–water partition coefficient (Wildman–Crippen LogP) is 3.78. The van der Waals surface area contributed by atoms with Crippen LogP contribution in [-0.2, 0) is 6.54 Å². The fraction of sp³-hybridized carbons (Fsp3) is 0.188. The number of amides is 1. The molecule has 2 rings (SSSR count). The first-order chi connectivity index (χ1) is 9.47. The molecular weight excluding hydrogens is 316 g/mol. The van der Waals surface area contributed by atoms with Gasteiger partial charge in [-0.05, 0) is 70.7 Å². The number of nitrogens with one attached hydrogen (secondary N) is 1. The molecule has 0 aromatic heterocycles. The molecule has 0 atom stereocenters. The molecule has 0 fully saturated rings. The Kier molecular flexibility index (Phi) is 4.45. The van der Waals surface area contributed by atoms with Gasteiger partial charge in [-0.1, -0.05) is 12.1 Å². The molecule has 0 saturated heterocycles. The van der Waals surface area contributed by atoms with Crippen molar-refractivity contribution in [1.82, 2.24) is 0 Å². The van der Waals surface area contributed by atoms with Crippen LogP contribution in [0.15, 0.2) is 40.9 Å². The van der Waals surface area contributed by atoms with E-state index in [-0.39, 0.29) is 0 Å². The Morgan fingerprint density at radius 2 is 1.95 bits per heavy atom. The van der Waals surface area contributed by atoms with E-state index in [4.69, 9.17) is 5.73 Å². The van der Waals surface area contributed by atoms with Gasteiger partial charge in [0, 0.05) is 22.3 Å². The van der Waals surface area contributed by atoms with Gasteiger partial charge in [-0.3, -0.25) is 4.79 Å². The van der Waals surface area contributed by atoms with E-state index in [1.54, 1.807) is 6.07 Å². The van der Waals surface area contributed by atoms with Gasteiger partial charge < -0.3 is 11.1 Å². The Morgan fingerprint density at radius 1 is 1.20 bits per heavy atom. The third-order valence-electron chi connectivity index (χ3n) is 3.22. The molecule has 0 aliphatic heterocycles. The Balaban J connectivity index is 2.15. The molecule has 0 heterocycles. The molecule has 3 nitrogen and oxygen atoms in total. The molecule has 0 bridgehead atoms. The molecule has 2 aromatic carbocycles. The Morgan fingerprint density at radius 3 is 2.60 bits per heavy atom. The summed E-state index contributed by atoms with van der Waals surface area (Å²) in [5.74, 6) is -0.394. The Labute approximate surface area is 127 Å². The minimum absolute atomic E-state index is 0.394. The maximum Gasteiger partial charge on any atom is 0.248 e. The molecule has 0 saturated carbocycles. The predicted molar refractivity (Wildman–Crippen MR) is 85.9 cm³/mol. The number of primary amides is 1. The van der Waals surface area contributed by atoms with Crippen LogP contribution in [0.1, 0.15) is 27.0 Å². The van der Waals surface area contributed by atoms with Crippen LogP contribution >= 0.6 is 15.9 Å². The van der Waals surface area contributed by atoms with Gasteiger partial charge >= 0.3 is 0 Å². The summed E-state index contributed by atoms with van der Waals surface area (Å²) in [6, 6.07) is 11.7. The number of nitrogens with two attached hydrogens (primary N) is 1. The molecule has 0 spiro atoms. The highest BCUT2D eigenvalue weighted by Gasteiger charge is 2.05. The van der Waals surface area contributed by atoms with Crippen molar-refractivity contribution in [2.75, 3.05) is 5.32 Å². The van der Waals surface area contributed by atoms with E-state index in [0.717, 1.165) is 21.3 Å². The molecule has 0 radical (unpaired) electrons. The quantitative estimate of drug-likeness (QED) is 0.895. The standard InChI is InChI=1S/C16H17BrN2O/c1-10-3-6-14(17)15(7-10)19-9-13-5-4-12(16(18)20)8-11(13)2/h3-8,19H,9H2,1-2H3,(H2,18,20). The second-order valence-electron chi connectivity index (χ2n) is 4.84. The van der Waals surface area contributed by atoms with Crippen LogP contribution in [0, 0.1) is 13.8 Å². The van der Waals surface area contributed by atoms with Crippen LogP contribution in [0.3, 0.4) is 0 Å². The summed E-state index contributed by atoms with van der Waals surface area (Å²) in [6.07, 6.45) is 0. The fourth-order valence-corrected chi connectivity index (χ4v) is 2.40. The second kappa shape index (κ2) is 6.09. The number of hydrogen-bond donors (Lipinski definition) is 2. The van der Waals surface area contributed by atoms with Gasteiger partial charge in [-0.25, -0.2) is 0 Å². The van der Waals surface area contributed by atoms with Gasteiger partial charge in [0.25, 0.3) is 0 Å². The van der Waals surface area contributed by atoms with Crippen molar-refractivity contribution in [2.45, 2.75) is 20.4 Å². The lowest BCUT2D eigenvalue weighted by atomic mass is 10.0. The van der Waals surface area contributed by atoms with E-state index in [0.29, 0.717) is 12.1 Å². The second-order valence-corrected chi connectivity index (χ2v) is 5.70. The van der Waals surface area contributed by atoms with Crippen LogP contribution in [0.4, 0.5) is 5.69 Å². The largest absolute Gasteiger partial charge is 0.380 e. The van der Waals surface area contributed by atoms with Crippen LogP contribution in [-0.4, -0.2) is 5.91 Å². The van der Waals surface area contributed by atoms with Crippen molar-refractivity contribution in [3.05, 3.63) is 63.1 Å². The number of carbonyl (C=O) groups is 1. The zero-order valence-electron chi connectivity index (χ0n) is 11.5. The van der Waals surface area contributed by atoms with Crippen molar-refractivity contribution < 1.29 is 4.79 Å². The van der Waals surface area contributed by atoms with Crippen molar-refractivity contribution in [2.24, 2.45) is 5.73 Å². The molecule has 104 valence electrons. The number of halogens is 1. The number of benzene rings is 2.